The molecule has 0 aromatic rings. The van der Waals surface area contributed by atoms with Crippen molar-refractivity contribution in [2.75, 3.05) is 6.67 Å². The van der Waals surface area contributed by atoms with E-state index in [0.717, 1.165) is 0 Å². The molecule has 3 heteroatoms. The number of carbonyl (C=O) groups is 1. The molecule has 0 aliphatic rings. The van der Waals surface area contributed by atoms with E-state index in [0.29, 0.717) is 13.1 Å². The summed E-state index contributed by atoms with van der Waals surface area (Å²) in [5.74, 6) is 0.123. The molecule has 0 aromatic carbocycles. The largest absolute Gasteiger partial charge is 0.328 e. The number of amides is 1. The van der Waals surface area contributed by atoms with E-state index < -0.39 is 0 Å². The number of carbonyl (C=O) groups excluding carboxylic acids is 1. The van der Waals surface area contributed by atoms with Crippen LogP contribution < -0.4 is 5.73 Å². The van der Waals surface area contributed by atoms with Crippen molar-refractivity contribution in [1.82, 2.24) is 4.90 Å². The van der Waals surface area contributed by atoms with Crippen molar-refractivity contribution in [2.24, 2.45) is 5.73 Å². The molecule has 0 aliphatic carbocycles. The zero-order chi connectivity index (χ0) is 8.15. The lowest BCUT2D eigenvalue weighted by atomic mass is 10.3. The number of rotatable bonds is 3. The van der Waals surface area contributed by atoms with Gasteiger partial charge in [-0.25, -0.2) is 0 Å². The summed E-state index contributed by atoms with van der Waals surface area (Å²) in [7, 11) is 0. The van der Waals surface area contributed by atoms with E-state index in [2.05, 4.69) is 0 Å². The van der Waals surface area contributed by atoms with Crippen LogP contribution in [0.5, 0.6) is 0 Å². The van der Waals surface area contributed by atoms with Gasteiger partial charge in [0.15, 0.2) is 0 Å². The Morgan fingerprint density at radius 1 is 1.60 bits per heavy atom. The zero-order valence-corrected chi connectivity index (χ0v) is 6.92. The monoisotopic (exact) mass is 144 g/mol. The van der Waals surface area contributed by atoms with Crippen LogP contribution in [0.1, 0.15) is 27.2 Å². The summed E-state index contributed by atoms with van der Waals surface area (Å²) < 4.78 is 0. The predicted molar refractivity (Wildman–Crippen MR) is 41.3 cm³/mol. The van der Waals surface area contributed by atoms with Crippen LogP contribution in [0.3, 0.4) is 0 Å². The normalized spacial score (nSPS) is 10.1. The highest BCUT2D eigenvalue weighted by Gasteiger charge is 2.11. The van der Waals surface area contributed by atoms with E-state index in [-0.39, 0.29) is 11.9 Å². The third kappa shape index (κ3) is 2.35. The van der Waals surface area contributed by atoms with Gasteiger partial charge in [0, 0.05) is 12.5 Å². The fraction of sp³-hybridized carbons (Fsp3) is 0.857. The summed E-state index contributed by atoms with van der Waals surface area (Å²) in [6.45, 7) is 6.08. The van der Waals surface area contributed by atoms with Crippen LogP contribution in [0.2, 0.25) is 0 Å². The third-order valence-electron chi connectivity index (χ3n) is 1.44. The molecule has 0 saturated heterocycles. The van der Waals surface area contributed by atoms with Crippen LogP contribution in [-0.2, 0) is 4.79 Å². The molecule has 0 fully saturated rings. The van der Waals surface area contributed by atoms with E-state index in [4.69, 9.17) is 5.73 Å². The number of hydrogen-bond acceptors (Lipinski definition) is 2. The zero-order valence-electron chi connectivity index (χ0n) is 6.92. The van der Waals surface area contributed by atoms with Gasteiger partial charge in [0.1, 0.15) is 0 Å². The third-order valence-corrected chi connectivity index (χ3v) is 1.44. The lowest BCUT2D eigenvalue weighted by Crippen LogP contribution is -2.40. The van der Waals surface area contributed by atoms with Crippen molar-refractivity contribution in [3.8, 4) is 0 Å². The minimum Gasteiger partial charge on any atom is -0.328 e. The van der Waals surface area contributed by atoms with Crippen LogP contribution >= 0.6 is 0 Å². The molecule has 0 bridgehead atoms. The molecule has 10 heavy (non-hydrogen) atoms. The van der Waals surface area contributed by atoms with Gasteiger partial charge in [-0.3, -0.25) is 4.79 Å². The first kappa shape index (κ1) is 9.43. The Labute approximate surface area is 62.2 Å². The SMILES string of the molecule is CCC(=O)N(CN)C(C)C. The molecule has 0 unspecified atom stereocenters. The second kappa shape index (κ2) is 4.28. The van der Waals surface area contributed by atoms with E-state index in [1.807, 2.05) is 20.8 Å². The highest BCUT2D eigenvalue weighted by molar-refractivity contribution is 5.75. The second-order valence-corrected chi connectivity index (χ2v) is 2.49. The maximum atomic E-state index is 11.0. The average molecular weight is 144 g/mol. The Kier molecular flexibility index (Phi) is 4.03. The van der Waals surface area contributed by atoms with Crippen molar-refractivity contribution < 1.29 is 4.79 Å². The fourth-order valence-electron chi connectivity index (χ4n) is 0.804. The van der Waals surface area contributed by atoms with Crippen molar-refractivity contribution in [2.45, 2.75) is 33.2 Å². The maximum absolute atomic E-state index is 11.0. The Hall–Kier alpha value is -0.570. The first-order valence-corrected chi connectivity index (χ1v) is 3.63. The van der Waals surface area contributed by atoms with Crippen molar-refractivity contribution in [1.29, 1.82) is 0 Å². The first-order valence-electron chi connectivity index (χ1n) is 3.63. The van der Waals surface area contributed by atoms with Crippen LogP contribution in [-0.4, -0.2) is 23.5 Å². The van der Waals surface area contributed by atoms with Gasteiger partial charge in [0.05, 0.1) is 6.67 Å². The van der Waals surface area contributed by atoms with E-state index in [1.165, 1.54) is 0 Å². The molecule has 0 aromatic heterocycles. The van der Waals surface area contributed by atoms with E-state index >= 15 is 0 Å². The van der Waals surface area contributed by atoms with Gasteiger partial charge in [0.2, 0.25) is 5.91 Å². The molecule has 0 rings (SSSR count). The van der Waals surface area contributed by atoms with Gasteiger partial charge in [0.25, 0.3) is 0 Å². The smallest absolute Gasteiger partial charge is 0.223 e. The summed E-state index contributed by atoms with van der Waals surface area (Å²) >= 11 is 0. The van der Waals surface area contributed by atoms with E-state index in [9.17, 15) is 4.79 Å². The van der Waals surface area contributed by atoms with Gasteiger partial charge in [-0.2, -0.15) is 0 Å². The van der Waals surface area contributed by atoms with Crippen LogP contribution in [0.15, 0.2) is 0 Å². The standard InChI is InChI=1S/C7H16N2O/c1-4-7(10)9(5-8)6(2)3/h6H,4-5,8H2,1-3H3. The molecule has 2 N–H and O–H groups in total. The fourth-order valence-corrected chi connectivity index (χ4v) is 0.804. The molecule has 60 valence electrons. The molecular formula is C7H16N2O. The summed E-state index contributed by atoms with van der Waals surface area (Å²) in [4.78, 5) is 12.7. The van der Waals surface area contributed by atoms with Gasteiger partial charge in [-0.1, -0.05) is 6.92 Å². The van der Waals surface area contributed by atoms with Crippen LogP contribution in [0, 0.1) is 0 Å². The Bertz CT molecular complexity index is 112. The van der Waals surface area contributed by atoms with Crippen LogP contribution in [0.25, 0.3) is 0 Å². The van der Waals surface area contributed by atoms with Crippen molar-refractivity contribution in [3.05, 3.63) is 0 Å². The summed E-state index contributed by atoms with van der Waals surface area (Å²) in [5.41, 5.74) is 5.36. The van der Waals surface area contributed by atoms with E-state index in [1.54, 1.807) is 4.90 Å². The lowest BCUT2D eigenvalue weighted by molar-refractivity contribution is -0.132. The van der Waals surface area contributed by atoms with Crippen molar-refractivity contribution in [3.63, 3.8) is 0 Å². The summed E-state index contributed by atoms with van der Waals surface area (Å²) in [6, 6.07) is 0.220. The number of hydrogen-bond donors (Lipinski definition) is 1. The summed E-state index contributed by atoms with van der Waals surface area (Å²) in [6.07, 6.45) is 0.537. The molecule has 0 saturated carbocycles. The Morgan fingerprint density at radius 3 is 2.20 bits per heavy atom. The van der Waals surface area contributed by atoms with Gasteiger partial charge >= 0.3 is 0 Å². The molecule has 0 aliphatic heterocycles. The Balaban J connectivity index is 3.93. The van der Waals surface area contributed by atoms with Gasteiger partial charge < -0.3 is 10.6 Å². The molecule has 0 radical (unpaired) electrons. The quantitative estimate of drug-likeness (QED) is 0.588. The van der Waals surface area contributed by atoms with Crippen LogP contribution in [0.4, 0.5) is 0 Å². The lowest BCUT2D eigenvalue weighted by Gasteiger charge is -2.23. The first-order chi connectivity index (χ1) is 4.63. The average Bonchev–Trinajstić information content (AvgIpc) is 1.88. The number of nitrogens with zero attached hydrogens (tertiary/aromatic N) is 1. The molecule has 1 amide bonds. The van der Waals surface area contributed by atoms with Gasteiger partial charge in [-0.05, 0) is 13.8 Å². The van der Waals surface area contributed by atoms with Gasteiger partial charge in [-0.15, -0.1) is 0 Å². The highest BCUT2D eigenvalue weighted by atomic mass is 16.2. The minimum absolute atomic E-state index is 0.123. The molecule has 3 nitrogen and oxygen atoms in total. The maximum Gasteiger partial charge on any atom is 0.223 e. The topological polar surface area (TPSA) is 46.3 Å². The molecule has 0 heterocycles. The highest BCUT2D eigenvalue weighted by Crippen LogP contribution is 1.97. The minimum atomic E-state index is 0.123. The number of nitrogens with two attached hydrogens (primary N) is 1. The predicted octanol–water partition coefficient (Wildman–Crippen LogP) is 0.550. The summed E-state index contributed by atoms with van der Waals surface area (Å²) in [5, 5.41) is 0. The molecule has 0 atom stereocenters. The molecular weight excluding hydrogens is 128 g/mol. The second-order valence-electron chi connectivity index (χ2n) is 2.49. The Morgan fingerprint density at radius 2 is 2.10 bits per heavy atom. The molecule has 0 spiro atoms. The van der Waals surface area contributed by atoms with Crippen molar-refractivity contribution >= 4 is 5.91 Å².